The van der Waals surface area contributed by atoms with Gasteiger partial charge in [0.1, 0.15) is 12.1 Å². The SMILES string of the molecule is CC(C)C[C@H](NC(=O)CCSSCCC(=O)O[C@H]1CC[C@@]2(C)C(=CC[C@@H]3[C@@H]2CC[C@]2(C)C(c4cccnc4)=CC[C@@H]32)C1)C(=O)O. The van der Waals surface area contributed by atoms with Crippen LogP contribution >= 0.6 is 21.6 Å². The zero-order chi connectivity index (χ0) is 32.2. The number of carboxylic acids is 1. The molecule has 1 heterocycles. The van der Waals surface area contributed by atoms with Gasteiger partial charge in [0.05, 0.1) is 6.42 Å². The summed E-state index contributed by atoms with van der Waals surface area (Å²) < 4.78 is 5.98. The molecule has 4 aliphatic carbocycles. The summed E-state index contributed by atoms with van der Waals surface area (Å²) in [5.74, 6) is 2.05. The van der Waals surface area contributed by atoms with E-state index in [4.69, 9.17) is 4.74 Å². The average Bonchev–Trinajstić information content (AvgIpc) is 3.36. The molecule has 0 aliphatic heterocycles. The normalized spacial score (nSPS) is 31.1. The number of hydrogen-bond acceptors (Lipinski definition) is 7. The first-order valence-corrected chi connectivity index (χ1v) is 19.3. The van der Waals surface area contributed by atoms with Crippen LogP contribution < -0.4 is 5.32 Å². The molecule has 0 aromatic carbocycles. The van der Waals surface area contributed by atoms with E-state index in [2.05, 4.69) is 48.4 Å². The second-order valence-corrected chi connectivity index (χ2v) is 17.1. The van der Waals surface area contributed by atoms with Gasteiger partial charge >= 0.3 is 11.9 Å². The van der Waals surface area contributed by atoms with Gasteiger partial charge in [-0.3, -0.25) is 14.6 Å². The van der Waals surface area contributed by atoms with E-state index in [1.807, 2.05) is 26.2 Å². The van der Waals surface area contributed by atoms with Gasteiger partial charge in [0.2, 0.25) is 5.91 Å². The van der Waals surface area contributed by atoms with Crippen molar-refractivity contribution in [2.75, 3.05) is 11.5 Å². The van der Waals surface area contributed by atoms with Crippen LogP contribution in [0.15, 0.2) is 42.3 Å². The maximum Gasteiger partial charge on any atom is 0.326 e. The molecule has 2 N–H and O–H groups in total. The van der Waals surface area contributed by atoms with E-state index in [1.54, 1.807) is 10.8 Å². The lowest BCUT2D eigenvalue weighted by molar-refractivity contribution is -0.150. The predicted molar refractivity (Wildman–Crippen MR) is 182 cm³/mol. The van der Waals surface area contributed by atoms with E-state index >= 15 is 0 Å². The van der Waals surface area contributed by atoms with Gasteiger partial charge in [-0.15, -0.1) is 0 Å². The van der Waals surface area contributed by atoms with E-state index in [0.717, 1.165) is 32.1 Å². The molecule has 9 heteroatoms. The third-order valence-corrected chi connectivity index (χ3v) is 13.5. The number of hydrogen-bond donors (Lipinski definition) is 2. The molecule has 0 radical (unpaired) electrons. The quantitative estimate of drug-likeness (QED) is 0.0964. The minimum atomic E-state index is -0.997. The Balaban J connectivity index is 1.04. The van der Waals surface area contributed by atoms with Gasteiger partial charge in [-0.25, -0.2) is 4.79 Å². The van der Waals surface area contributed by atoms with E-state index in [-0.39, 0.29) is 41.1 Å². The molecule has 1 aromatic heterocycles. The Morgan fingerprint density at radius 3 is 2.51 bits per heavy atom. The molecule has 1 amide bonds. The van der Waals surface area contributed by atoms with Crippen molar-refractivity contribution in [3.8, 4) is 0 Å². The smallest absolute Gasteiger partial charge is 0.326 e. The first kappa shape index (κ1) is 34.1. The highest BCUT2D eigenvalue weighted by atomic mass is 33.1. The van der Waals surface area contributed by atoms with Gasteiger partial charge in [0.25, 0.3) is 0 Å². The topological polar surface area (TPSA) is 106 Å². The monoisotopic (exact) mass is 654 g/mol. The zero-order valence-electron chi connectivity index (χ0n) is 27.3. The lowest BCUT2D eigenvalue weighted by atomic mass is 9.47. The molecule has 2 fully saturated rings. The van der Waals surface area contributed by atoms with Crippen molar-refractivity contribution in [2.24, 2.45) is 34.5 Å². The van der Waals surface area contributed by atoms with Crippen molar-refractivity contribution in [3.63, 3.8) is 0 Å². The molecule has 1 aromatic rings. The molecule has 45 heavy (non-hydrogen) atoms. The number of nitrogens with zero attached hydrogens (tertiary/aromatic N) is 1. The zero-order valence-corrected chi connectivity index (χ0v) is 28.9. The van der Waals surface area contributed by atoms with Crippen molar-refractivity contribution in [3.05, 3.63) is 47.8 Å². The molecule has 0 spiro atoms. The summed E-state index contributed by atoms with van der Waals surface area (Å²) >= 11 is 0. The van der Waals surface area contributed by atoms with Crippen LogP contribution in [-0.4, -0.2) is 51.6 Å². The molecule has 0 bridgehead atoms. The highest BCUT2D eigenvalue weighted by Gasteiger charge is 2.57. The maximum atomic E-state index is 12.7. The van der Waals surface area contributed by atoms with Crippen LogP contribution in [0.25, 0.3) is 5.57 Å². The van der Waals surface area contributed by atoms with Crippen LogP contribution in [0.3, 0.4) is 0 Å². The van der Waals surface area contributed by atoms with Crippen molar-refractivity contribution < 1.29 is 24.2 Å². The number of aliphatic carboxylic acids is 1. The van der Waals surface area contributed by atoms with Gasteiger partial charge in [0, 0.05) is 36.7 Å². The second-order valence-electron chi connectivity index (χ2n) is 14.4. The number of pyridine rings is 1. The van der Waals surface area contributed by atoms with E-state index in [1.165, 1.54) is 40.3 Å². The Hall–Kier alpha value is -2.26. The van der Waals surface area contributed by atoms with Gasteiger partial charge in [-0.1, -0.05) is 73.1 Å². The summed E-state index contributed by atoms with van der Waals surface area (Å²) in [7, 11) is 3.09. The predicted octanol–water partition coefficient (Wildman–Crippen LogP) is 7.73. The summed E-state index contributed by atoms with van der Waals surface area (Å²) in [6, 6.07) is 3.42. The number of rotatable bonds is 13. The molecule has 7 nitrogen and oxygen atoms in total. The minimum absolute atomic E-state index is 0.0399. The van der Waals surface area contributed by atoms with E-state index in [0.29, 0.717) is 42.1 Å². The van der Waals surface area contributed by atoms with Crippen LogP contribution in [0.1, 0.15) is 97.5 Å². The molecule has 7 atom stereocenters. The summed E-state index contributed by atoms with van der Waals surface area (Å²) in [6.07, 6.45) is 17.5. The van der Waals surface area contributed by atoms with Crippen LogP contribution in [0.4, 0.5) is 0 Å². The second kappa shape index (κ2) is 14.7. The minimum Gasteiger partial charge on any atom is -0.480 e. The Kier molecular flexibility index (Phi) is 11.1. The molecular formula is C36H50N2O5S2. The molecular weight excluding hydrogens is 605 g/mol. The fourth-order valence-corrected chi connectivity index (χ4v) is 10.8. The average molecular weight is 655 g/mol. The number of fused-ring (bicyclic) bond motifs is 5. The molecule has 246 valence electrons. The van der Waals surface area contributed by atoms with Crippen LogP contribution in [0, 0.1) is 34.5 Å². The van der Waals surface area contributed by atoms with Gasteiger partial charge in [-0.05, 0) is 96.7 Å². The fourth-order valence-electron chi connectivity index (χ4n) is 8.85. The molecule has 2 saturated carbocycles. The lowest BCUT2D eigenvalue weighted by Crippen LogP contribution is -2.50. The van der Waals surface area contributed by atoms with Crippen LogP contribution in [-0.2, 0) is 19.1 Å². The number of aromatic nitrogens is 1. The van der Waals surface area contributed by atoms with E-state index < -0.39 is 12.0 Å². The number of nitrogens with one attached hydrogen (secondary N) is 1. The fraction of sp³-hybridized carbons (Fsp3) is 0.667. The number of allylic oxidation sites excluding steroid dienone is 3. The standard InChI is InChI=1S/C36H50N2O5S2/c1-23(2)20-31(34(41)42)38-32(39)13-18-44-45-19-14-33(40)43-26-11-15-35(3)25(21-26)7-8-27-29-10-9-28(24-6-5-17-37-22-24)36(29,4)16-12-30(27)35/h5-7,9,17,22-23,26-27,29-31H,8,10-16,18-21H2,1-4H3,(H,38,39)(H,41,42)/t26-,27-,29-,30-,31-,35-,36+/m0/s1. The summed E-state index contributed by atoms with van der Waals surface area (Å²) in [6.45, 7) is 8.86. The number of carboxylic acid groups (broad SMARTS) is 1. The highest BCUT2D eigenvalue weighted by molar-refractivity contribution is 8.76. The van der Waals surface area contributed by atoms with Gasteiger partial charge < -0.3 is 15.2 Å². The van der Waals surface area contributed by atoms with Crippen molar-refractivity contribution >= 4 is 45.0 Å². The van der Waals surface area contributed by atoms with Gasteiger partial charge in [0.15, 0.2) is 0 Å². The Morgan fingerprint density at radius 1 is 1.04 bits per heavy atom. The van der Waals surface area contributed by atoms with Crippen LogP contribution in [0.5, 0.6) is 0 Å². The first-order valence-electron chi connectivity index (χ1n) is 16.8. The number of carbonyl (C=O) groups excluding carboxylic acids is 2. The Labute approximate surface area is 276 Å². The summed E-state index contributed by atoms with van der Waals surface area (Å²) in [5, 5.41) is 11.9. The molecule has 0 unspecified atom stereocenters. The largest absolute Gasteiger partial charge is 0.480 e. The number of amides is 1. The lowest BCUT2D eigenvalue weighted by Gasteiger charge is -2.57. The van der Waals surface area contributed by atoms with E-state index in [9.17, 15) is 19.5 Å². The molecule has 0 saturated heterocycles. The molecule has 4 aliphatic rings. The molecule has 5 rings (SSSR count). The third kappa shape index (κ3) is 7.66. The van der Waals surface area contributed by atoms with Gasteiger partial charge in [-0.2, -0.15) is 0 Å². The highest BCUT2D eigenvalue weighted by Crippen LogP contribution is 2.66. The third-order valence-electron chi connectivity index (χ3n) is 11.1. The number of carbonyl (C=O) groups is 3. The van der Waals surface area contributed by atoms with Crippen LogP contribution in [0.2, 0.25) is 0 Å². The summed E-state index contributed by atoms with van der Waals surface area (Å²) in [5.41, 5.74) is 4.72. The van der Waals surface area contributed by atoms with Crippen molar-refractivity contribution in [2.45, 2.75) is 104 Å². The Bertz CT molecular complexity index is 1300. The number of esters is 1. The number of ether oxygens (including phenoxy) is 1. The van der Waals surface area contributed by atoms with Crippen molar-refractivity contribution in [1.29, 1.82) is 0 Å². The maximum absolute atomic E-state index is 12.7. The first-order chi connectivity index (χ1) is 21.5. The summed E-state index contributed by atoms with van der Waals surface area (Å²) in [4.78, 5) is 40.6. The Morgan fingerprint density at radius 2 is 1.80 bits per heavy atom. The van der Waals surface area contributed by atoms with Crippen molar-refractivity contribution in [1.82, 2.24) is 10.3 Å².